The van der Waals surface area contributed by atoms with Crippen molar-refractivity contribution in [3.8, 4) is 5.75 Å². The van der Waals surface area contributed by atoms with Crippen molar-refractivity contribution in [2.24, 2.45) is 5.73 Å². The summed E-state index contributed by atoms with van der Waals surface area (Å²) in [4.78, 5) is 2.60. The molecule has 98 valence electrons. The highest BCUT2D eigenvalue weighted by molar-refractivity contribution is 5.52. The molecule has 2 atom stereocenters. The third-order valence-electron chi connectivity index (χ3n) is 4.38. The van der Waals surface area contributed by atoms with E-state index in [-0.39, 0.29) is 0 Å². The first-order chi connectivity index (χ1) is 8.78. The third-order valence-corrected chi connectivity index (χ3v) is 4.38. The Bertz CT molecular complexity index is 389. The van der Waals surface area contributed by atoms with Crippen LogP contribution in [0.5, 0.6) is 5.75 Å². The van der Waals surface area contributed by atoms with Crippen LogP contribution in [0.15, 0.2) is 24.3 Å². The van der Waals surface area contributed by atoms with Crippen LogP contribution in [0.3, 0.4) is 0 Å². The fourth-order valence-electron chi connectivity index (χ4n) is 3.60. The minimum Gasteiger partial charge on any atom is -0.497 e. The van der Waals surface area contributed by atoms with E-state index in [0.717, 1.165) is 18.6 Å². The van der Waals surface area contributed by atoms with Gasteiger partial charge in [0, 0.05) is 23.8 Å². The van der Waals surface area contributed by atoms with E-state index < -0.39 is 0 Å². The quantitative estimate of drug-likeness (QED) is 0.871. The number of nitrogens with two attached hydrogens (primary N) is 1. The van der Waals surface area contributed by atoms with Gasteiger partial charge >= 0.3 is 0 Å². The number of ether oxygens (including phenoxy) is 1. The van der Waals surface area contributed by atoms with Crippen molar-refractivity contribution in [1.29, 1.82) is 0 Å². The van der Waals surface area contributed by atoms with Gasteiger partial charge in [0.1, 0.15) is 5.75 Å². The number of hydrogen-bond donors (Lipinski definition) is 1. The lowest BCUT2D eigenvalue weighted by Crippen LogP contribution is -2.55. The molecule has 1 aromatic carbocycles. The number of rotatable bonds is 2. The lowest BCUT2D eigenvalue weighted by molar-refractivity contribution is 0.271. The lowest BCUT2D eigenvalue weighted by atomic mass is 9.81. The molecular weight excluding hydrogens is 224 g/mol. The second kappa shape index (κ2) is 4.81. The molecule has 0 saturated carbocycles. The molecule has 2 aliphatic heterocycles. The zero-order valence-corrected chi connectivity index (χ0v) is 11.0. The van der Waals surface area contributed by atoms with Crippen LogP contribution in [0.2, 0.25) is 0 Å². The summed E-state index contributed by atoms with van der Waals surface area (Å²) in [6.07, 6.45) is 6.21. The maximum Gasteiger partial charge on any atom is 0.119 e. The van der Waals surface area contributed by atoms with E-state index in [1.807, 2.05) is 0 Å². The minimum absolute atomic E-state index is 0.398. The van der Waals surface area contributed by atoms with Crippen molar-refractivity contribution in [2.45, 2.75) is 50.2 Å². The van der Waals surface area contributed by atoms with E-state index in [2.05, 4.69) is 29.2 Å². The number of nitrogens with zero attached hydrogens (tertiary/aromatic N) is 1. The fraction of sp³-hybridized carbons (Fsp3) is 0.600. The molecule has 2 bridgehead atoms. The van der Waals surface area contributed by atoms with Gasteiger partial charge in [0.2, 0.25) is 0 Å². The van der Waals surface area contributed by atoms with Crippen molar-refractivity contribution in [2.75, 3.05) is 12.0 Å². The van der Waals surface area contributed by atoms with Crippen LogP contribution in [0.25, 0.3) is 0 Å². The van der Waals surface area contributed by atoms with Crippen molar-refractivity contribution in [1.82, 2.24) is 0 Å². The van der Waals surface area contributed by atoms with Crippen molar-refractivity contribution < 1.29 is 4.74 Å². The molecule has 0 radical (unpaired) electrons. The van der Waals surface area contributed by atoms with Gasteiger partial charge in [-0.25, -0.2) is 0 Å². The summed E-state index contributed by atoms with van der Waals surface area (Å²) in [5, 5.41) is 0. The Morgan fingerprint density at radius 2 is 1.72 bits per heavy atom. The fourth-order valence-corrected chi connectivity index (χ4v) is 3.60. The summed E-state index contributed by atoms with van der Waals surface area (Å²) in [5.74, 6) is 0.928. The van der Waals surface area contributed by atoms with Crippen molar-refractivity contribution >= 4 is 5.69 Å². The van der Waals surface area contributed by atoms with E-state index in [1.54, 1.807) is 7.11 Å². The molecule has 3 nitrogen and oxygen atoms in total. The van der Waals surface area contributed by atoms with Gasteiger partial charge < -0.3 is 15.4 Å². The van der Waals surface area contributed by atoms with Crippen LogP contribution in [0.4, 0.5) is 5.69 Å². The Labute approximate surface area is 109 Å². The summed E-state index contributed by atoms with van der Waals surface area (Å²) in [6.45, 7) is 0. The first-order valence-corrected chi connectivity index (χ1v) is 6.96. The number of fused-ring (bicyclic) bond motifs is 2. The summed E-state index contributed by atoms with van der Waals surface area (Å²) < 4.78 is 5.23. The molecule has 3 heteroatoms. The van der Waals surface area contributed by atoms with Crippen LogP contribution < -0.4 is 15.4 Å². The number of methoxy groups -OCH3 is 1. The van der Waals surface area contributed by atoms with E-state index >= 15 is 0 Å². The molecule has 1 aromatic rings. The number of anilines is 1. The third kappa shape index (κ3) is 2.07. The first-order valence-electron chi connectivity index (χ1n) is 6.96. The highest BCUT2D eigenvalue weighted by Gasteiger charge is 2.36. The van der Waals surface area contributed by atoms with Gasteiger partial charge in [0.15, 0.2) is 0 Å². The molecule has 0 spiro atoms. The molecule has 2 saturated heterocycles. The molecule has 3 rings (SSSR count). The maximum absolute atomic E-state index is 6.16. The Morgan fingerprint density at radius 3 is 2.28 bits per heavy atom. The average Bonchev–Trinajstić information content (AvgIpc) is 2.38. The predicted molar refractivity (Wildman–Crippen MR) is 74.1 cm³/mol. The molecule has 2 unspecified atom stereocenters. The van der Waals surface area contributed by atoms with Gasteiger partial charge in [-0.15, -0.1) is 0 Å². The minimum atomic E-state index is 0.398. The van der Waals surface area contributed by atoms with Crippen LogP contribution >= 0.6 is 0 Å². The van der Waals surface area contributed by atoms with Crippen LogP contribution in [-0.4, -0.2) is 25.2 Å². The van der Waals surface area contributed by atoms with Gasteiger partial charge in [-0.05, 0) is 56.4 Å². The zero-order valence-electron chi connectivity index (χ0n) is 11.0. The average molecular weight is 246 g/mol. The van der Waals surface area contributed by atoms with Gasteiger partial charge in [-0.2, -0.15) is 0 Å². The second-order valence-electron chi connectivity index (χ2n) is 5.58. The number of hydrogen-bond acceptors (Lipinski definition) is 3. The Kier molecular flexibility index (Phi) is 3.16. The Hall–Kier alpha value is -1.22. The van der Waals surface area contributed by atoms with Crippen LogP contribution in [-0.2, 0) is 0 Å². The van der Waals surface area contributed by atoms with Crippen LogP contribution in [0.1, 0.15) is 32.1 Å². The highest BCUT2D eigenvalue weighted by Crippen LogP contribution is 2.37. The summed E-state index contributed by atoms with van der Waals surface area (Å²) in [5.41, 5.74) is 7.50. The maximum atomic E-state index is 6.16. The predicted octanol–water partition coefficient (Wildman–Crippen LogP) is 2.54. The van der Waals surface area contributed by atoms with E-state index in [0.29, 0.717) is 18.1 Å². The van der Waals surface area contributed by atoms with Gasteiger partial charge in [0.25, 0.3) is 0 Å². The van der Waals surface area contributed by atoms with Gasteiger partial charge in [0.05, 0.1) is 7.11 Å². The van der Waals surface area contributed by atoms with Gasteiger partial charge in [-0.1, -0.05) is 0 Å². The molecule has 2 heterocycles. The smallest absolute Gasteiger partial charge is 0.119 e. The SMILES string of the molecule is COc1ccc(N2C3CCCC2CC(N)C3)cc1. The Balaban J connectivity index is 1.85. The standard InChI is InChI=1S/C15H22N2O/c1-18-15-7-5-12(6-8-15)17-13-3-2-4-14(17)10-11(16)9-13/h5-8,11,13-14H,2-4,9-10,16H2,1H3. The van der Waals surface area contributed by atoms with E-state index in [9.17, 15) is 0 Å². The molecule has 0 amide bonds. The molecule has 18 heavy (non-hydrogen) atoms. The normalized spacial score (nSPS) is 31.2. The summed E-state index contributed by atoms with van der Waals surface area (Å²) in [6, 6.07) is 10.2. The lowest BCUT2D eigenvalue weighted by Gasteiger charge is -2.49. The van der Waals surface area contributed by atoms with Crippen molar-refractivity contribution in [3.05, 3.63) is 24.3 Å². The number of piperidine rings is 2. The summed E-state index contributed by atoms with van der Waals surface area (Å²) >= 11 is 0. The molecular formula is C15H22N2O. The largest absolute Gasteiger partial charge is 0.497 e. The van der Waals surface area contributed by atoms with E-state index in [4.69, 9.17) is 10.5 Å². The molecule has 2 N–H and O–H groups in total. The first kappa shape index (κ1) is 11.8. The summed E-state index contributed by atoms with van der Waals surface area (Å²) in [7, 11) is 1.71. The number of benzene rings is 1. The van der Waals surface area contributed by atoms with Gasteiger partial charge in [-0.3, -0.25) is 0 Å². The molecule has 2 aliphatic rings. The topological polar surface area (TPSA) is 38.5 Å². The zero-order chi connectivity index (χ0) is 12.5. The monoisotopic (exact) mass is 246 g/mol. The second-order valence-corrected chi connectivity index (χ2v) is 5.58. The highest BCUT2D eigenvalue weighted by atomic mass is 16.5. The van der Waals surface area contributed by atoms with Crippen LogP contribution in [0, 0.1) is 0 Å². The Morgan fingerprint density at radius 1 is 1.11 bits per heavy atom. The van der Waals surface area contributed by atoms with Crippen molar-refractivity contribution in [3.63, 3.8) is 0 Å². The van der Waals surface area contributed by atoms with E-state index in [1.165, 1.54) is 24.9 Å². The molecule has 0 aliphatic carbocycles. The molecule has 2 fully saturated rings. The molecule has 0 aromatic heterocycles.